The number of aromatic nitrogens is 2. The lowest BCUT2D eigenvalue weighted by Crippen LogP contribution is -2.11. The van der Waals surface area contributed by atoms with Gasteiger partial charge in [0.15, 0.2) is 5.13 Å². The lowest BCUT2D eigenvalue weighted by Gasteiger charge is -2.07. The molecule has 3 rings (SSSR count). The lowest BCUT2D eigenvalue weighted by atomic mass is 10.1. The minimum Gasteiger partial charge on any atom is -0.302 e. The molecular weight excluding hydrogens is 388 g/mol. The molecule has 0 spiro atoms. The Balaban J connectivity index is 1.66. The Morgan fingerprint density at radius 1 is 1.27 bits per heavy atom. The van der Waals surface area contributed by atoms with Crippen molar-refractivity contribution >= 4 is 45.7 Å². The number of hydrogen-bond donors (Lipinski definition) is 1. The zero-order valence-corrected chi connectivity index (χ0v) is 15.9. The minimum atomic E-state index is -0.111. The quantitative estimate of drug-likeness (QED) is 0.598. The van der Waals surface area contributed by atoms with E-state index in [2.05, 4.69) is 21.4 Å². The maximum atomic E-state index is 11.9. The SMILES string of the molecule is N#Cc1ccc(-c2ccc(Cl)cc2)nc1SCCC(=O)Nc1nccs1. The molecule has 0 aliphatic rings. The largest absolute Gasteiger partial charge is 0.302 e. The van der Waals surface area contributed by atoms with Crippen LogP contribution in [0.3, 0.4) is 0 Å². The molecule has 130 valence electrons. The summed E-state index contributed by atoms with van der Waals surface area (Å²) in [5, 5.41) is 15.7. The summed E-state index contributed by atoms with van der Waals surface area (Å²) in [6.07, 6.45) is 1.95. The highest BCUT2D eigenvalue weighted by Crippen LogP contribution is 2.26. The topological polar surface area (TPSA) is 78.7 Å². The summed E-state index contributed by atoms with van der Waals surface area (Å²) in [6, 6.07) is 13.1. The number of anilines is 1. The number of hydrogen-bond acceptors (Lipinski definition) is 6. The molecule has 1 N–H and O–H groups in total. The number of thioether (sulfide) groups is 1. The summed E-state index contributed by atoms with van der Waals surface area (Å²) < 4.78 is 0. The van der Waals surface area contributed by atoms with E-state index < -0.39 is 0 Å². The molecule has 0 saturated carbocycles. The van der Waals surface area contributed by atoms with Gasteiger partial charge >= 0.3 is 0 Å². The summed E-state index contributed by atoms with van der Waals surface area (Å²) in [4.78, 5) is 20.5. The second-order valence-electron chi connectivity index (χ2n) is 5.15. The average Bonchev–Trinajstić information content (AvgIpc) is 3.15. The molecule has 2 heterocycles. The van der Waals surface area contributed by atoms with Crippen molar-refractivity contribution in [3.63, 3.8) is 0 Å². The number of pyridine rings is 1. The molecule has 0 bridgehead atoms. The minimum absolute atomic E-state index is 0.111. The molecule has 0 aliphatic heterocycles. The van der Waals surface area contributed by atoms with Crippen LogP contribution in [0.2, 0.25) is 5.02 Å². The molecule has 0 saturated heterocycles. The molecule has 0 fully saturated rings. The van der Waals surface area contributed by atoms with Crippen molar-refractivity contribution in [3.05, 3.63) is 58.6 Å². The van der Waals surface area contributed by atoms with Crippen LogP contribution in [0.15, 0.2) is 53.0 Å². The Hall–Kier alpha value is -2.40. The molecule has 0 radical (unpaired) electrons. The highest BCUT2D eigenvalue weighted by atomic mass is 35.5. The van der Waals surface area contributed by atoms with Gasteiger partial charge in [-0.15, -0.1) is 23.1 Å². The van der Waals surface area contributed by atoms with Gasteiger partial charge in [0.1, 0.15) is 11.1 Å². The Labute approximate surface area is 164 Å². The van der Waals surface area contributed by atoms with E-state index in [-0.39, 0.29) is 5.91 Å². The molecule has 0 aliphatic carbocycles. The number of carbonyl (C=O) groups is 1. The van der Waals surface area contributed by atoms with Crippen molar-refractivity contribution in [2.75, 3.05) is 11.1 Å². The number of nitrogens with zero attached hydrogens (tertiary/aromatic N) is 3. The van der Waals surface area contributed by atoms with Crippen LogP contribution in [0.5, 0.6) is 0 Å². The van der Waals surface area contributed by atoms with Crippen molar-refractivity contribution in [3.8, 4) is 17.3 Å². The summed E-state index contributed by atoms with van der Waals surface area (Å²) in [5.41, 5.74) is 2.17. The van der Waals surface area contributed by atoms with E-state index in [0.717, 1.165) is 11.3 Å². The smallest absolute Gasteiger partial charge is 0.226 e. The molecule has 5 nitrogen and oxygen atoms in total. The first-order chi connectivity index (χ1) is 12.7. The maximum Gasteiger partial charge on any atom is 0.226 e. The van der Waals surface area contributed by atoms with Crippen LogP contribution < -0.4 is 5.32 Å². The Morgan fingerprint density at radius 2 is 2.08 bits per heavy atom. The summed E-state index contributed by atoms with van der Waals surface area (Å²) in [7, 11) is 0. The second kappa shape index (κ2) is 8.81. The number of thiazole rings is 1. The third-order valence-electron chi connectivity index (χ3n) is 3.37. The van der Waals surface area contributed by atoms with Crippen molar-refractivity contribution in [1.82, 2.24) is 9.97 Å². The highest BCUT2D eigenvalue weighted by Gasteiger charge is 2.10. The van der Waals surface area contributed by atoms with Gasteiger partial charge in [-0.25, -0.2) is 9.97 Å². The van der Waals surface area contributed by atoms with Crippen molar-refractivity contribution < 1.29 is 4.79 Å². The van der Waals surface area contributed by atoms with Gasteiger partial charge in [-0.1, -0.05) is 23.7 Å². The number of nitriles is 1. The van der Waals surface area contributed by atoms with E-state index in [9.17, 15) is 10.1 Å². The summed E-state index contributed by atoms with van der Waals surface area (Å²) in [6.45, 7) is 0. The van der Waals surface area contributed by atoms with E-state index in [1.54, 1.807) is 35.8 Å². The van der Waals surface area contributed by atoms with Crippen LogP contribution in [-0.2, 0) is 4.79 Å². The molecule has 26 heavy (non-hydrogen) atoms. The second-order valence-corrected chi connectivity index (χ2v) is 7.57. The third kappa shape index (κ3) is 4.82. The Morgan fingerprint density at radius 3 is 2.77 bits per heavy atom. The molecule has 0 atom stereocenters. The predicted molar refractivity (Wildman–Crippen MR) is 105 cm³/mol. The lowest BCUT2D eigenvalue weighted by molar-refractivity contribution is -0.115. The molecule has 2 aromatic heterocycles. The predicted octanol–water partition coefficient (Wildman–Crippen LogP) is 4.85. The van der Waals surface area contributed by atoms with E-state index in [1.807, 2.05) is 12.1 Å². The number of rotatable bonds is 6. The fraction of sp³-hybridized carbons (Fsp3) is 0.111. The van der Waals surface area contributed by atoms with Crippen molar-refractivity contribution in [1.29, 1.82) is 5.26 Å². The van der Waals surface area contributed by atoms with Crippen LogP contribution in [0, 0.1) is 11.3 Å². The van der Waals surface area contributed by atoms with Gasteiger partial charge < -0.3 is 5.32 Å². The summed E-state index contributed by atoms with van der Waals surface area (Å²) >= 11 is 8.68. The maximum absolute atomic E-state index is 11.9. The third-order valence-corrected chi connectivity index (χ3v) is 5.30. The Kier molecular flexibility index (Phi) is 6.23. The molecule has 1 aromatic carbocycles. The van der Waals surface area contributed by atoms with Crippen LogP contribution in [0.25, 0.3) is 11.3 Å². The fourth-order valence-electron chi connectivity index (χ4n) is 2.12. The zero-order valence-electron chi connectivity index (χ0n) is 13.5. The van der Waals surface area contributed by atoms with E-state index in [0.29, 0.717) is 32.9 Å². The van der Waals surface area contributed by atoms with E-state index in [1.165, 1.54) is 23.1 Å². The molecule has 1 amide bonds. The first-order valence-electron chi connectivity index (χ1n) is 7.65. The van der Waals surface area contributed by atoms with Gasteiger partial charge in [-0.3, -0.25) is 4.79 Å². The van der Waals surface area contributed by atoms with E-state index in [4.69, 9.17) is 11.6 Å². The van der Waals surface area contributed by atoms with Crippen molar-refractivity contribution in [2.24, 2.45) is 0 Å². The van der Waals surface area contributed by atoms with Gasteiger partial charge in [0, 0.05) is 34.3 Å². The summed E-state index contributed by atoms with van der Waals surface area (Å²) in [5.74, 6) is 0.406. The van der Waals surface area contributed by atoms with Crippen LogP contribution in [0.4, 0.5) is 5.13 Å². The number of amides is 1. The van der Waals surface area contributed by atoms with Gasteiger partial charge in [-0.2, -0.15) is 5.26 Å². The number of carbonyl (C=O) groups excluding carboxylic acids is 1. The highest BCUT2D eigenvalue weighted by molar-refractivity contribution is 7.99. The molecule has 0 unspecified atom stereocenters. The standard InChI is InChI=1S/C18H13ClN4OS2/c19-14-4-1-12(2-5-14)15-6-3-13(11-20)17(22-15)25-9-7-16(24)23-18-21-8-10-26-18/h1-6,8,10H,7,9H2,(H,21,23,24). The van der Waals surface area contributed by atoms with Gasteiger partial charge in [0.05, 0.1) is 11.3 Å². The van der Waals surface area contributed by atoms with E-state index >= 15 is 0 Å². The fourth-order valence-corrected chi connectivity index (χ4v) is 3.71. The van der Waals surface area contributed by atoms with Crippen LogP contribution in [-0.4, -0.2) is 21.6 Å². The van der Waals surface area contributed by atoms with Gasteiger partial charge in [0.2, 0.25) is 5.91 Å². The average molecular weight is 401 g/mol. The molecular formula is C18H13ClN4OS2. The first-order valence-corrected chi connectivity index (χ1v) is 9.89. The number of halogens is 1. The van der Waals surface area contributed by atoms with Crippen LogP contribution >= 0.6 is 34.7 Å². The number of nitrogens with one attached hydrogen (secondary N) is 1. The monoisotopic (exact) mass is 400 g/mol. The first kappa shape index (κ1) is 18.4. The zero-order chi connectivity index (χ0) is 18.4. The number of benzene rings is 1. The van der Waals surface area contributed by atoms with Gasteiger partial charge in [-0.05, 0) is 24.3 Å². The molecule has 8 heteroatoms. The van der Waals surface area contributed by atoms with Gasteiger partial charge in [0.25, 0.3) is 0 Å². The van der Waals surface area contributed by atoms with Crippen LogP contribution in [0.1, 0.15) is 12.0 Å². The normalized spacial score (nSPS) is 10.3. The van der Waals surface area contributed by atoms with Crippen molar-refractivity contribution in [2.45, 2.75) is 11.4 Å². The Bertz CT molecular complexity index is 937. The molecule has 3 aromatic rings.